The summed E-state index contributed by atoms with van der Waals surface area (Å²) in [5, 5.41) is 8.09. The number of fused-ring (bicyclic) bond motifs is 1. The van der Waals surface area contributed by atoms with Crippen molar-refractivity contribution in [2.45, 2.75) is 83.5 Å². The molecule has 1 aliphatic carbocycles. The van der Waals surface area contributed by atoms with Gasteiger partial charge < -0.3 is 9.64 Å². The summed E-state index contributed by atoms with van der Waals surface area (Å²) in [4.78, 5) is 36.6. The third-order valence-corrected chi connectivity index (χ3v) is 7.86. The summed E-state index contributed by atoms with van der Waals surface area (Å²) in [5.74, 6) is 0.679. The van der Waals surface area contributed by atoms with Gasteiger partial charge in [-0.15, -0.1) is 0 Å². The molecule has 2 aromatic rings. The Morgan fingerprint density at radius 1 is 1.08 bits per heavy atom. The average molecular weight is 497 g/mol. The second kappa shape index (κ2) is 11.9. The summed E-state index contributed by atoms with van der Waals surface area (Å²) in [7, 11) is 1.93. The van der Waals surface area contributed by atoms with Gasteiger partial charge in [0, 0.05) is 31.9 Å². The van der Waals surface area contributed by atoms with Crippen molar-refractivity contribution in [3.05, 3.63) is 29.5 Å². The van der Waals surface area contributed by atoms with Crippen LogP contribution in [0.15, 0.2) is 18.2 Å². The molecule has 8 nitrogen and oxygen atoms in total. The number of aromatic nitrogens is 2. The van der Waals surface area contributed by atoms with Crippen molar-refractivity contribution in [2.75, 3.05) is 19.7 Å². The Hall–Kier alpha value is -2.90. The molecule has 2 aliphatic heterocycles. The first-order chi connectivity index (χ1) is 17.4. The van der Waals surface area contributed by atoms with Crippen LogP contribution in [0.4, 0.5) is 4.79 Å². The minimum Gasteiger partial charge on any atom is -0.450 e. The van der Waals surface area contributed by atoms with E-state index in [0.717, 1.165) is 48.4 Å². The molecule has 3 amide bonds. The minimum atomic E-state index is -0.327. The number of carbonyl (C=O) groups is 3. The molecule has 0 bridgehead atoms. The Morgan fingerprint density at radius 3 is 2.47 bits per heavy atom. The van der Waals surface area contributed by atoms with Gasteiger partial charge in [0.25, 0.3) is 0 Å². The lowest BCUT2D eigenvalue weighted by molar-refractivity contribution is -0.134. The van der Waals surface area contributed by atoms with Crippen LogP contribution in [0.25, 0.3) is 10.9 Å². The Balaban J connectivity index is 0.000000214. The van der Waals surface area contributed by atoms with Gasteiger partial charge in [0.1, 0.15) is 0 Å². The Kier molecular flexibility index (Phi) is 8.64. The van der Waals surface area contributed by atoms with Crippen LogP contribution in [0, 0.1) is 5.92 Å². The van der Waals surface area contributed by atoms with Crippen LogP contribution in [0.5, 0.6) is 0 Å². The Labute approximate surface area is 213 Å². The van der Waals surface area contributed by atoms with Crippen LogP contribution < -0.4 is 5.32 Å². The van der Waals surface area contributed by atoms with Gasteiger partial charge in [-0.1, -0.05) is 38.3 Å². The summed E-state index contributed by atoms with van der Waals surface area (Å²) in [6.45, 7) is 6.26. The summed E-state index contributed by atoms with van der Waals surface area (Å²) in [6.07, 6.45) is 9.51. The number of hydrogen-bond acceptors (Lipinski definition) is 5. The molecule has 3 fully saturated rings. The molecular formula is C28H40N4O4. The molecule has 1 aromatic heterocycles. The standard InChI is InChI=1S/C19H23N3O2.C9H17NO2/c1-22-16-11-13(12-5-3-2-4-6-12)7-8-14(16)18(21-22)15-9-10-17(23)20-19(15)24;1-3-12-9(11)10-6-4-8(2)5-7-10/h7-8,11-12,15H,2-6,9-10H2,1H3,(H,20,23,24);8H,3-7H2,1-2H3. The first-order valence-corrected chi connectivity index (χ1v) is 13.6. The van der Waals surface area contributed by atoms with E-state index in [9.17, 15) is 14.4 Å². The molecule has 36 heavy (non-hydrogen) atoms. The van der Waals surface area contributed by atoms with Crippen molar-refractivity contribution in [3.8, 4) is 0 Å². The van der Waals surface area contributed by atoms with Crippen LogP contribution in [0.2, 0.25) is 0 Å². The number of rotatable bonds is 3. The van der Waals surface area contributed by atoms with Gasteiger partial charge in [0.15, 0.2) is 0 Å². The number of amides is 3. The number of benzene rings is 1. The van der Waals surface area contributed by atoms with Gasteiger partial charge in [-0.2, -0.15) is 5.10 Å². The lowest BCUT2D eigenvalue weighted by Crippen LogP contribution is -2.39. The third kappa shape index (κ3) is 6.08. The molecule has 1 saturated carbocycles. The summed E-state index contributed by atoms with van der Waals surface area (Å²) in [5.41, 5.74) is 3.27. The van der Waals surface area contributed by atoms with E-state index in [2.05, 4.69) is 35.5 Å². The molecule has 3 aliphatic rings. The molecule has 5 rings (SSSR count). The predicted octanol–water partition coefficient (Wildman–Crippen LogP) is 5.02. The second-order valence-electron chi connectivity index (χ2n) is 10.5. The molecular weight excluding hydrogens is 456 g/mol. The van der Waals surface area contributed by atoms with E-state index in [1.54, 1.807) is 4.90 Å². The number of hydrogen-bond donors (Lipinski definition) is 1. The van der Waals surface area contributed by atoms with E-state index in [0.29, 0.717) is 25.4 Å². The van der Waals surface area contributed by atoms with Gasteiger partial charge >= 0.3 is 6.09 Å². The molecule has 0 spiro atoms. The monoisotopic (exact) mass is 496 g/mol. The number of carbonyl (C=O) groups excluding carboxylic acids is 3. The van der Waals surface area contributed by atoms with Crippen molar-refractivity contribution in [3.63, 3.8) is 0 Å². The van der Waals surface area contributed by atoms with Crippen LogP contribution in [-0.4, -0.2) is 52.3 Å². The van der Waals surface area contributed by atoms with Crippen LogP contribution >= 0.6 is 0 Å². The number of nitrogens with zero attached hydrogens (tertiary/aromatic N) is 3. The van der Waals surface area contributed by atoms with Crippen LogP contribution in [0.3, 0.4) is 0 Å². The smallest absolute Gasteiger partial charge is 0.409 e. The van der Waals surface area contributed by atoms with E-state index < -0.39 is 0 Å². The molecule has 1 N–H and O–H groups in total. The van der Waals surface area contributed by atoms with E-state index >= 15 is 0 Å². The maximum atomic E-state index is 12.2. The van der Waals surface area contributed by atoms with Crippen molar-refractivity contribution in [1.82, 2.24) is 20.0 Å². The molecule has 2 saturated heterocycles. The van der Waals surface area contributed by atoms with Crippen LogP contribution in [-0.2, 0) is 21.4 Å². The number of piperidine rings is 2. The van der Waals surface area contributed by atoms with Gasteiger partial charge in [0.2, 0.25) is 11.8 Å². The van der Waals surface area contributed by atoms with Crippen LogP contribution in [0.1, 0.15) is 94.7 Å². The number of ether oxygens (including phenoxy) is 1. The number of imide groups is 1. The van der Waals surface area contributed by atoms with Crippen molar-refractivity contribution in [1.29, 1.82) is 0 Å². The maximum Gasteiger partial charge on any atom is 0.409 e. The zero-order valence-corrected chi connectivity index (χ0v) is 21.9. The van der Waals surface area contributed by atoms with Crippen molar-refractivity contribution < 1.29 is 19.1 Å². The summed E-state index contributed by atoms with van der Waals surface area (Å²) >= 11 is 0. The zero-order chi connectivity index (χ0) is 25.7. The lowest BCUT2D eigenvalue weighted by atomic mass is 9.83. The molecule has 1 aromatic carbocycles. The maximum absolute atomic E-state index is 12.2. The topological polar surface area (TPSA) is 93.5 Å². The highest BCUT2D eigenvalue weighted by molar-refractivity contribution is 6.02. The first kappa shape index (κ1) is 26.2. The quantitative estimate of drug-likeness (QED) is 0.603. The highest BCUT2D eigenvalue weighted by Crippen LogP contribution is 2.36. The van der Waals surface area contributed by atoms with Crippen molar-refractivity contribution >= 4 is 28.8 Å². The van der Waals surface area contributed by atoms with E-state index in [4.69, 9.17) is 4.74 Å². The van der Waals surface area contributed by atoms with Gasteiger partial charge in [-0.3, -0.25) is 19.6 Å². The number of nitrogens with one attached hydrogen (secondary N) is 1. The Bertz CT molecular complexity index is 1080. The fourth-order valence-electron chi connectivity index (χ4n) is 5.61. The first-order valence-electron chi connectivity index (χ1n) is 13.6. The molecule has 196 valence electrons. The Morgan fingerprint density at radius 2 is 1.81 bits per heavy atom. The molecule has 0 radical (unpaired) electrons. The fraction of sp³-hybridized carbons (Fsp3) is 0.643. The van der Waals surface area contributed by atoms with E-state index in [-0.39, 0.29) is 23.8 Å². The minimum absolute atomic E-state index is 0.149. The summed E-state index contributed by atoms with van der Waals surface area (Å²) < 4.78 is 6.78. The van der Waals surface area contributed by atoms with E-state index in [1.807, 2.05) is 18.7 Å². The number of aryl methyl sites for hydroxylation is 1. The molecule has 3 heterocycles. The molecule has 1 unspecified atom stereocenters. The SMILES string of the molecule is CCOC(=O)N1CCC(C)CC1.Cn1nc(C2CCC(=O)NC2=O)c2ccc(C3CCCCC3)cc21. The normalized spacial score (nSPS) is 21.6. The second-order valence-corrected chi connectivity index (χ2v) is 10.5. The third-order valence-electron chi connectivity index (χ3n) is 7.86. The fourth-order valence-corrected chi connectivity index (χ4v) is 5.61. The predicted molar refractivity (Wildman–Crippen MR) is 139 cm³/mol. The highest BCUT2D eigenvalue weighted by Gasteiger charge is 2.31. The van der Waals surface area contributed by atoms with E-state index in [1.165, 1.54) is 37.7 Å². The summed E-state index contributed by atoms with van der Waals surface area (Å²) in [6, 6.07) is 6.56. The average Bonchev–Trinajstić information content (AvgIpc) is 3.21. The largest absolute Gasteiger partial charge is 0.450 e. The number of likely N-dealkylation sites (tertiary alicyclic amines) is 1. The highest BCUT2D eigenvalue weighted by atomic mass is 16.6. The zero-order valence-electron chi connectivity index (χ0n) is 21.9. The van der Waals surface area contributed by atoms with Gasteiger partial charge in [0.05, 0.1) is 23.7 Å². The van der Waals surface area contributed by atoms with Crippen molar-refractivity contribution in [2.24, 2.45) is 13.0 Å². The molecule has 1 atom stereocenters. The lowest BCUT2D eigenvalue weighted by Gasteiger charge is -2.29. The molecule has 8 heteroatoms. The van der Waals surface area contributed by atoms with Gasteiger partial charge in [-0.05, 0) is 62.5 Å². The van der Waals surface area contributed by atoms with Gasteiger partial charge in [-0.25, -0.2) is 4.79 Å².